The van der Waals surface area contributed by atoms with Crippen LogP contribution in [0, 0.1) is 0 Å². The Morgan fingerprint density at radius 3 is 3.00 bits per heavy atom. The van der Waals surface area contributed by atoms with E-state index >= 15 is 0 Å². The summed E-state index contributed by atoms with van der Waals surface area (Å²) in [7, 11) is 0. The third-order valence-corrected chi connectivity index (χ3v) is 3.22. The van der Waals surface area contributed by atoms with Gasteiger partial charge in [-0.2, -0.15) is 0 Å². The predicted molar refractivity (Wildman–Crippen MR) is 70.2 cm³/mol. The molecule has 0 radical (unpaired) electrons. The van der Waals surface area contributed by atoms with Gasteiger partial charge in [-0.05, 0) is 32.2 Å². The van der Waals surface area contributed by atoms with Crippen molar-refractivity contribution in [3.8, 4) is 0 Å². The van der Waals surface area contributed by atoms with Crippen LogP contribution in [-0.4, -0.2) is 33.7 Å². The van der Waals surface area contributed by atoms with Gasteiger partial charge in [0.15, 0.2) is 0 Å². The Hall–Kier alpha value is -0.940. The Kier molecular flexibility index (Phi) is 5.13. The quantitative estimate of drug-likeness (QED) is 0.716. The van der Waals surface area contributed by atoms with E-state index in [-0.39, 0.29) is 0 Å². The van der Waals surface area contributed by atoms with Crippen molar-refractivity contribution in [2.75, 3.05) is 6.54 Å². The topological polar surface area (TPSA) is 52.0 Å². The third-order valence-electron chi connectivity index (χ3n) is 3.22. The molecule has 5 heteroatoms. The first-order valence-electron chi connectivity index (χ1n) is 6.98. The fourth-order valence-electron chi connectivity index (χ4n) is 1.89. The van der Waals surface area contributed by atoms with Crippen LogP contribution in [0.25, 0.3) is 0 Å². The maximum Gasteiger partial charge on any atom is 0.108 e. The lowest BCUT2D eigenvalue weighted by molar-refractivity contribution is -0.0101. The summed E-state index contributed by atoms with van der Waals surface area (Å²) in [6.07, 6.45) is 7.24. The molecule has 1 N–H and O–H groups in total. The van der Waals surface area contributed by atoms with Crippen LogP contribution in [0.15, 0.2) is 6.20 Å². The molecular weight excluding hydrogens is 228 g/mol. The van der Waals surface area contributed by atoms with Crippen molar-refractivity contribution in [3.05, 3.63) is 11.9 Å². The van der Waals surface area contributed by atoms with E-state index in [0.717, 1.165) is 25.2 Å². The van der Waals surface area contributed by atoms with E-state index in [1.807, 2.05) is 10.9 Å². The van der Waals surface area contributed by atoms with Crippen molar-refractivity contribution in [2.24, 2.45) is 0 Å². The van der Waals surface area contributed by atoms with Crippen molar-refractivity contribution in [1.29, 1.82) is 0 Å². The van der Waals surface area contributed by atoms with Crippen LogP contribution < -0.4 is 5.32 Å². The summed E-state index contributed by atoms with van der Waals surface area (Å²) in [5.74, 6) is 0. The van der Waals surface area contributed by atoms with Crippen molar-refractivity contribution >= 4 is 0 Å². The number of nitrogens with zero attached hydrogens (tertiary/aromatic N) is 3. The molecule has 0 atom stereocenters. The fourth-order valence-corrected chi connectivity index (χ4v) is 1.89. The standard InChI is InChI=1S/C13H24N4O/c1-11(2)14-7-4-8-17-9-12(15-16-17)10-18-13-5-3-6-13/h9,11,13-14H,3-8,10H2,1-2H3. The summed E-state index contributed by atoms with van der Waals surface area (Å²) in [4.78, 5) is 0. The summed E-state index contributed by atoms with van der Waals surface area (Å²) < 4.78 is 7.61. The van der Waals surface area contributed by atoms with Gasteiger partial charge in [0, 0.05) is 12.6 Å². The first-order chi connectivity index (χ1) is 8.74. The molecule has 1 aromatic heterocycles. The monoisotopic (exact) mass is 252 g/mol. The lowest BCUT2D eigenvalue weighted by Gasteiger charge is -2.24. The molecular formula is C13H24N4O. The van der Waals surface area contributed by atoms with Gasteiger partial charge in [-0.25, -0.2) is 0 Å². The first kappa shape index (κ1) is 13.5. The van der Waals surface area contributed by atoms with Gasteiger partial charge in [0.2, 0.25) is 0 Å². The van der Waals surface area contributed by atoms with Gasteiger partial charge in [-0.1, -0.05) is 19.1 Å². The minimum atomic E-state index is 0.463. The molecule has 1 aromatic rings. The lowest BCUT2D eigenvalue weighted by atomic mass is 9.96. The minimum Gasteiger partial charge on any atom is -0.372 e. The number of nitrogens with one attached hydrogen (secondary N) is 1. The van der Waals surface area contributed by atoms with E-state index < -0.39 is 0 Å². The molecule has 0 aliphatic heterocycles. The second kappa shape index (κ2) is 6.85. The van der Waals surface area contributed by atoms with Crippen LogP contribution in [-0.2, 0) is 17.9 Å². The number of aryl methyl sites for hydroxylation is 1. The van der Waals surface area contributed by atoms with Gasteiger partial charge >= 0.3 is 0 Å². The van der Waals surface area contributed by atoms with Crippen molar-refractivity contribution in [1.82, 2.24) is 20.3 Å². The molecule has 2 rings (SSSR count). The zero-order valence-corrected chi connectivity index (χ0v) is 11.4. The Bertz CT molecular complexity index is 347. The zero-order chi connectivity index (χ0) is 12.8. The Morgan fingerprint density at radius 1 is 1.50 bits per heavy atom. The van der Waals surface area contributed by atoms with Crippen LogP contribution in [0.2, 0.25) is 0 Å². The molecule has 1 aliphatic carbocycles. The van der Waals surface area contributed by atoms with E-state index in [2.05, 4.69) is 29.5 Å². The van der Waals surface area contributed by atoms with Crippen LogP contribution in [0.3, 0.4) is 0 Å². The third kappa shape index (κ3) is 4.38. The highest BCUT2D eigenvalue weighted by molar-refractivity contribution is 4.90. The summed E-state index contributed by atoms with van der Waals surface area (Å²) >= 11 is 0. The van der Waals surface area contributed by atoms with Gasteiger partial charge in [-0.3, -0.25) is 4.68 Å². The number of rotatable bonds is 8. The van der Waals surface area contributed by atoms with E-state index in [4.69, 9.17) is 4.74 Å². The molecule has 102 valence electrons. The second-order valence-corrected chi connectivity index (χ2v) is 5.30. The number of hydrogen-bond donors (Lipinski definition) is 1. The Labute approximate surface area is 109 Å². The highest BCUT2D eigenvalue weighted by Gasteiger charge is 2.18. The van der Waals surface area contributed by atoms with Crippen LogP contribution in [0.4, 0.5) is 0 Å². The summed E-state index contributed by atoms with van der Waals surface area (Å²) in [6, 6.07) is 0.548. The van der Waals surface area contributed by atoms with Crippen molar-refractivity contribution in [3.63, 3.8) is 0 Å². The normalized spacial score (nSPS) is 16.2. The van der Waals surface area contributed by atoms with Crippen molar-refractivity contribution in [2.45, 2.75) is 64.8 Å². The Morgan fingerprint density at radius 2 is 2.33 bits per heavy atom. The molecule has 1 aliphatic rings. The van der Waals surface area contributed by atoms with Crippen molar-refractivity contribution < 1.29 is 4.74 Å². The summed E-state index contributed by atoms with van der Waals surface area (Å²) in [5, 5.41) is 11.6. The maximum atomic E-state index is 5.71. The zero-order valence-electron chi connectivity index (χ0n) is 11.4. The number of hydrogen-bond acceptors (Lipinski definition) is 4. The van der Waals surface area contributed by atoms with Gasteiger partial charge in [0.1, 0.15) is 5.69 Å². The largest absolute Gasteiger partial charge is 0.372 e. The predicted octanol–water partition coefficient (Wildman–Crippen LogP) is 1.74. The summed E-state index contributed by atoms with van der Waals surface area (Å²) in [5.41, 5.74) is 0.943. The second-order valence-electron chi connectivity index (χ2n) is 5.30. The molecule has 0 aromatic carbocycles. The van der Waals surface area contributed by atoms with Crippen LogP contribution in [0.1, 0.15) is 45.2 Å². The average Bonchev–Trinajstić information content (AvgIpc) is 2.70. The van der Waals surface area contributed by atoms with Gasteiger partial charge in [-0.15, -0.1) is 5.10 Å². The van der Waals surface area contributed by atoms with E-state index in [1.165, 1.54) is 19.3 Å². The van der Waals surface area contributed by atoms with E-state index in [9.17, 15) is 0 Å². The molecule has 5 nitrogen and oxygen atoms in total. The Balaban J connectivity index is 1.62. The van der Waals surface area contributed by atoms with Gasteiger partial charge in [0.25, 0.3) is 0 Å². The minimum absolute atomic E-state index is 0.463. The molecule has 0 amide bonds. The highest BCUT2D eigenvalue weighted by Crippen LogP contribution is 2.22. The molecule has 18 heavy (non-hydrogen) atoms. The maximum absolute atomic E-state index is 5.71. The van der Waals surface area contributed by atoms with E-state index in [1.54, 1.807) is 0 Å². The lowest BCUT2D eigenvalue weighted by Crippen LogP contribution is -2.24. The molecule has 1 heterocycles. The van der Waals surface area contributed by atoms with Crippen LogP contribution >= 0.6 is 0 Å². The molecule has 0 bridgehead atoms. The molecule has 0 spiro atoms. The molecule has 1 fully saturated rings. The molecule has 0 unspecified atom stereocenters. The molecule has 1 saturated carbocycles. The number of ether oxygens (including phenoxy) is 1. The fraction of sp³-hybridized carbons (Fsp3) is 0.846. The van der Waals surface area contributed by atoms with Crippen LogP contribution in [0.5, 0.6) is 0 Å². The molecule has 0 saturated heterocycles. The smallest absolute Gasteiger partial charge is 0.108 e. The first-order valence-corrected chi connectivity index (χ1v) is 6.98. The SMILES string of the molecule is CC(C)NCCCn1cc(COC2CCC2)nn1. The van der Waals surface area contributed by atoms with Gasteiger partial charge < -0.3 is 10.1 Å². The number of aromatic nitrogens is 3. The average molecular weight is 252 g/mol. The highest BCUT2D eigenvalue weighted by atomic mass is 16.5. The van der Waals surface area contributed by atoms with E-state index in [0.29, 0.717) is 18.8 Å². The van der Waals surface area contributed by atoms with Gasteiger partial charge in [0.05, 0.1) is 18.9 Å². The summed E-state index contributed by atoms with van der Waals surface area (Å²) in [6.45, 7) is 6.85.